The SMILES string of the molecule is CCOc1ccccc1OC(c1ccc(C(F)(F)F)cc1)C1CN(C)CCO1. The largest absolute Gasteiger partial charge is 0.490 e. The van der Waals surface area contributed by atoms with E-state index < -0.39 is 17.8 Å². The van der Waals surface area contributed by atoms with E-state index in [4.69, 9.17) is 14.2 Å². The van der Waals surface area contributed by atoms with Crippen LogP contribution in [-0.2, 0) is 10.9 Å². The zero-order valence-electron chi connectivity index (χ0n) is 15.9. The third kappa shape index (κ3) is 4.97. The van der Waals surface area contributed by atoms with Crippen LogP contribution < -0.4 is 9.47 Å². The van der Waals surface area contributed by atoms with Gasteiger partial charge in [0, 0.05) is 13.1 Å². The third-order valence-electron chi connectivity index (χ3n) is 4.60. The average Bonchev–Trinajstić information content (AvgIpc) is 2.67. The molecule has 0 saturated carbocycles. The van der Waals surface area contributed by atoms with Gasteiger partial charge in [-0.3, -0.25) is 0 Å². The molecule has 0 bridgehead atoms. The fourth-order valence-electron chi connectivity index (χ4n) is 3.17. The first-order valence-electron chi connectivity index (χ1n) is 9.24. The van der Waals surface area contributed by atoms with Crippen LogP contribution in [0.4, 0.5) is 13.2 Å². The second-order valence-electron chi connectivity index (χ2n) is 6.71. The lowest BCUT2D eigenvalue weighted by Gasteiger charge is -2.35. The van der Waals surface area contributed by atoms with Crippen LogP contribution >= 0.6 is 0 Å². The summed E-state index contributed by atoms with van der Waals surface area (Å²) in [6.45, 7) is 4.31. The predicted molar refractivity (Wildman–Crippen MR) is 99.7 cm³/mol. The molecular weight excluding hydrogens is 371 g/mol. The van der Waals surface area contributed by atoms with Crippen molar-refractivity contribution in [2.24, 2.45) is 0 Å². The third-order valence-corrected chi connectivity index (χ3v) is 4.60. The number of hydrogen-bond donors (Lipinski definition) is 0. The summed E-state index contributed by atoms with van der Waals surface area (Å²) < 4.78 is 56.6. The van der Waals surface area contributed by atoms with E-state index in [2.05, 4.69) is 4.90 Å². The lowest BCUT2D eigenvalue weighted by atomic mass is 10.0. The zero-order chi connectivity index (χ0) is 20.1. The second kappa shape index (κ2) is 8.84. The summed E-state index contributed by atoms with van der Waals surface area (Å²) in [5.74, 6) is 1.12. The Balaban J connectivity index is 1.91. The fraction of sp³-hybridized carbons (Fsp3) is 0.429. The van der Waals surface area contributed by atoms with Crippen molar-refractivity contribution in [2.75, 3.05) is 33.4 Å². The highest BCUT2D eigenvalue weighted by molar-refractivity contribution is 5.40. The second-order valence-corrected chi connectivity index (χ2v) is 6.71. The van der Waals surface area contributed by atoms with Gasteiger partial charge < -0.3 is 19.1 Å². The maximum absolute atomic E-state index is 12.9. The van der Waals surface area contributed by atoms with Crippen LogP contribution in [0.5, 0.6) is 11.5 Å². The summed E-state index contributed by atoms with van der Waals surface area (Å²) in [7, 11) is 1.98. The van der Waals surface area contributed by atoms with E-state index in [0.717, 1.165) is 18.7 Å². The summed E-state index contributed by atoms with van der Waals surface area (Å²) in [5, 5.41) is 0. The quantitative estimate of drug-likeness (QED) is 0.718. The summed E-state index contributed by atoms with van der Waals surface area (Å²) in [6.07, 6.45) is -5.25. The van der Waals surface area contributed by atoms with Gasteiger partial charge in [-0.05, 0) is 43.8 Å². The first-order valence-corrected chi connectivity index (χ1v) is 9.24. The molecule has 2 aromatic rings. The number of benzene rings is 2. The van der Waals surface area contributed by atoms with Crippen LogP contribution in [0.3, 0.4) is 0 Å². The van der Waals surface area contributed by atoms with Gasteiger partial charge in [0.1, 0.15) is 6.10 Å². The van der Waals surface area contributed by atoms with Crippen LogP contribution in [0.2, 0.25) is 0 Å². The maximum atomic E-state index is 12.9. The minimum absolute atomic E-state index is 0.315. The summed E-state index contributed by atoms with van der Waals surface area (Å²) in [6, 6.07) is 12.3. The standard InChI is InChI=1S/C21H24F3NO3/c1-3-26-17-6-4-5-7-18(17)28-20(19-14-25(2)12-13-27-19)15-8-10-16(11-9-15)21(22,23)24/h4-11,19-20H,3,12-14H2,1-2H3. The summed E-state index contributed by atoms with van der Waals surface area (Å²) in [5.41, 5.74) is -0.0639. The van der Waals surface area contributed by atoms with Gasteiger partial charge in [-0.2, -0.15) is 13.2 Å². The molecular formula is C21H24F3NO3. The molecule has 0 radical (unpaired) electrons. The van der Waals surface area contributed by atoms with Gasteiger partial charge in [0.2, 0.25) is 0 Å². The number of hydrogen-bond acceptors (Lipinski definition) is 4. The number of para-hydroxylation sites is 2. The van der Waals surface area contributed by atoms with E-state index in [-0.39, 0.29) is 6.10 Å². The Morgan fingerprint density at radius 2 is 1.79 bits per heavy atom. The fourth-order valence-corrected chi connectivity index (χ4v) is 3.17. The number of ether oxygens (including phenoxy) is 3. The van der Waals surface area contributed by atoms with E-state index in [0.29, 0.717) is 36.8 Å². The molecule has 0 spiro atoms. The molecule has 4 nitrogen and oxygen atoms in total. The molecule has 7 heteroatoms. The van der Waals surface area contributed by atoms with Crippen molar-refractivity contribution in [3.05, 3.63) is 59.7 Å². The maximum Gasteiger partial charge on any atom is 0.416 e. The van der Waals surface area contributed by atoms with Gasteiger partial charge in [-0.1, -0.05) is 24.3 Å². The van der Waals surface area contributed by atoms with Crippen molar-refractivity contribution in [1.82, 2.24) is 4.90 Å². The number of alkyl halides is 3. The molecule has 2 unspecified atom stereocenters. The Bertz CT molecular complexity index is 764. The van der Waals surface area contributed by atoms with Gasteiger partial charge in [0.25, 0.3) is 0 Å². The zero-order valence-corrected chi connectivity index (χ0v) is 15.9. The van der Waals surface area contributed by atoms with E-state index in [1.807, 2.05) is 26.1 Å². The molecule has 0 aliphatic carbocycles. The topological polar surface area (TPSA) is 30.9 Å². The smallest absolute Gasteiger partial charge is 0.416 e. The van der Waals surface area contributed by atoms with Crippen molar-refractivity contribution < 1.29 is 27.4 Å². The number of halogens is 3. The number of rotatable bonds is 6. The molecule has 1 heterocycles. The van der Waals surface area contributed by atoms with Crippen molar-refractivity contribution in [3.63, 3.8) is 0 Å². The molecule has 2 aromatic carbocycles. The van der Waals surface area contributed by atoms with Gasteiger partial charge >= 0.3 is 6.18 Å². The molecule has 0 amide bonds. The molecule has 152 valence electrons. The minimum atomic E-state index is -4.38. The van der Waals surface area contributed by atoms with Crippen LogP contribution in [-0.4, -0.2) is 44.4 Å². The Labute approximate surface area is 162 Å². The van der Waals surface area contributed by atoms with Crippen molar-refractivity contribution >= 4 is 0 Å². The summed E-state index contributed by atoms with van der Waals surface area (Å²) >= 11 is 0. The molecule has 2 atom stereocenters. The normalized spacial score (nSPS) is 19.2. The molecule has 0 N–H and O–H groups in total. The Morgan fingerprint density at radius 1 is 1.11 bits per heavy atom. The molecule has 1 fully saturated rings. The van der Waals surface area contributed by atoms with Crippen LogP contribution in [0.25, 0.3) is 0 Å². The highest BCUT2D eigenvalue weighted by Crippen LogP contribution is 2.35. The van der Waals surface area contributed by atoms with E-state index in [9.17, 15) is 13.2 Å². The lowest BCUT2D eigenvalue weighted by molar-refractivity contribution is -0.137. The van der Waals surface area contributed by atoms with Crippen molar-refractivity contribution in [2.45, 2.75) is 25.3 Å². The van der Waals surface area contributed by atoms with Gasteiger partial charge in [-0.25, -0.2) is 0 Å². The van der Waals surface area contributed by atoms with E-state index in [1.165, 1.54) is 12.1 Å². The monoisotopic (exact) mass is 395 g/mol. The van der Waals surface area contributed by atoms with E-state index >= 15 is 0 Å². The molecule has 1 saturated heterocycles. The highest BCUT2D eigenvalue weighted by atomic mass is 19.4. The first kappa shape index (κ1) is 20.5. The summed E-state index contributed by atoms with van der Waals surface area (Å²) in [4.78, 5) is 2.11. The van der Waals surface area contributed by atoms with Crippen molar-refractivity contribution in [1.29, 1.82) is 0 Å². The molecule has 0 aromatic heterocycles. The van der Waals surface area contributed by atoms with Gasteiger partial charge in [0.15, 0.2) is 17.6 Å². The van der Waals surface area contributed by atoms with E-state index in [1.54, 1.807) is 12.1 Å². The van der Waals surface area contributed by atoms with Gasteiger partial charge in [-0.15, -0.1) is 0 Å². The van der Waals surface area contributed by atoms with Crippen LogP contribution in [0.15, 0.2) is 48.5 Å². The van der Waals surface area contributed by atoms with Gasteiger partial charge in [0.05, 0.1) is 18.8 Å². The number of morpholine rings is 1. The van der Waals surface area contributed by atoms with Crippen LogP contribution in [0, 0.1) is 0 Å². The Hall–Kier alpha value is -2.25. The highest BCUT2D eigenvalue weighted by Gasteiger charge is 2.33. The van der Waals surface area contributed by atoms with Crippen molar-refractivity contribution in [3.8, 4) is 11.5 Å². The molecule has 1 aliphatic heterocycles. The first-order chi connectivity index (χ1) is 13.4. The molecule has 1 aliphatic rings. The molecule has 3 rings (SSSR count). The number of nitrogens with zero attached hydrogens (tertiary/aromatic N) is 1. The Morgan fingerprint density at radius 3 is 2.39 bits per heavy atom. The Kier molecular flexibility index (Phi) is 6.46. The molecule has 28 heavy (non-hydrogen) atoms. The van der Waals surface area contributed by atoms with Crippen LogP contribution in [0.1, 0.15) is 24.2 Å². The predicted octanol–water partition coefficient (Wildman–Crippen LogP) is 4.55. The lowest BCUT2D eigenvalue weighted by Crippen LogP contribution is -2.44. The number of likely N-dealkylation sites (N-methyl/N-ethyl adjacent to an activating group) is 1. The average molecular weight is 395 g/mol. The minimum Gasteiger partial charge on any atom is -0.490 e.